The van der Waals surface area contributed by atoms with Gasteiger partial charge in [-0.3, -0.25) is 0 Å². The Hall–Kier alpha value is -1.09. The highest BCUT2D eigenvalue weighted by Gasteiger charge is 2.03. The molecule has 0 atom stereocenters. The molecule has 0 aliphatic carbocycles. The average molecular weight is 255 g/mol. The van der Waals surface area contributed by atoms with Gasteiger partial charge in [-0.25, -0.2) is 4.79 Å². The first-order chi connectivity index (χ1) is 6.50. The van der Waals surface area contributed by atoms with Crippen molar-refractivity contribution in [3.05, 3.63) is 39.9 Å². The number of hydrogen-bond donors (Lipinski definition) is 1. The van der Waals surface area contributed by atoms with Crippen molar-refractivity contribution in [3.8, 4) is 0 Å². The molecule has 3 heteroatoms. The van der Waals surface area contributed by atoms with E-state index in [2.05, 4.69) is 15.9 Å². The molecule has 0 radical (unpaired) electrons. The van der Waals surface area contributed by atoms with Gasteiger partial charge in [-0.15, -0.1) is 0 Å². The van der Waals surface area contributed by atoms with E-state index < -0.39 is 5.97 Å². The summed E-state index contributed by atoms with van der Waals surface area (Å²) in [6.07, 6.45) is 1.20. The molecule has 0 saturated carbocycles. The zero-order valence-electron chi connectivity index (χ0n) is 8.04. The molecule has 0 aromatic heterocycles. The highest BCUT2D eigenvalue weighted by atomic mass is 79.9. The van der Waals surface area contributed by atoms with Crippen LogP contribution in [-0.2, 0) is 4.79 Å². The van der Waals surface area contributed by atoms with Gasteiger partial charge in [0.15, 0.2) is 0 Å². The van der Waals surface area contributed by atoms with Gasteiger partial charge in [-0.05, 0) is 36.6 Å². The number of halogens is 1. The van der Waals surface area contributed by atoms with Crippen LogP contribution in [0.4, 0.5) is 0 Å². The number of aliphatic carboxylic acids is 1. The third kappa shape index (κ3) is 2.70. The largest absolute Gasteiger partial charge is 0.478 e. The Morgan fingerprint density at radius 2 is 2.14 bits per heavy atom. The summed E-state index contributed by atoms with van der Waals surface area (Å²) in [5.41, 5.74) is 2.80. The van der Waals surface area contributed by atoms with Crippen LogP contribution >= 0.6 is 15.9 Å². The molecule has 0 bridgehead atoms. The molecule has 0 spiro atoms. The first kappa shape index (κ1) is 11.0. The van der Waals surface area contributed by atoms with Crippen molar-refractivity contribution >= 4 is 27.5 Å². The van der Waals surface area contributed by atoms with Crippen molar-refractivity contribution in [1.29, 1.82) is 0 Å². The van der Waals surface area contributed by atoms with Crippen LogP contribution in [0.1, 0.15) is 18.1 Å². The summed E-state index contributed by atoms with van der Waals surface area (Å²) in [7, 11) is 0. The standard InChI is InChI=1S/C11H11BrO2/c1-7-3-4-9(10(12)5-7)8(2)6-11(13)14/h3-6H,1-2H3,(H,13,14)/b8-6+. The van der Waals surface area contributed by atoms with E-state index in [1.54, 1.807) is 6.92 Å². The molecule has 0 amide bonds. The Bertz CT molecular complexity index is 394. The third-order valence-corrected chi connectivity index (χ3v) is 2.55. The van der Waals surface area contributed by atoms with Gasteiger partial charge in [0.2, 0.25) is 0 Å². The molecular weight excluding hydrogens is 244 g/mol. The Morgan fingerprint density at radius 3 is 2.64 bits per heavy atom. The van der Waals surface area contributed by atoms with Gasteiger partial charge in [-0.2, -0.15) is 0 Å². The van der Waals surface area contributed by atoms with Gasteiger partial charge in [-0.1, -0.05) is 28.1 Å². The predicted molar refractivity (Wildman–Crippen MR) is 60.2 cm³/mol. The van der Waals surface area contributed by atoms with Gasteiger partial charge < -0.3 is 5.11 Å². The number of carbonyl (C=O) groups is 1. The zero-order chi connectivity index (χ0) is 10.7. The lowest BCUT2D eigenvalue weighted by Gasteiger charge is -2.04. The minimum Gasteiger partial charge on any atom is -0.478 e. The molecule has 1 aromatic rings. The Labute approximate surface area is 91.4 Å². The first-order valence-electron chi connectivity index (χ1n) is 4.18. The summed E-state index contributed by atoms with van der Waals surface area (Å²) >= 11 is 3.40. The number of rotatable bonds is 2. The fourth-order valence-electron chi connectivity index (χ4n) is 1.20. The Morgan fingerprint density at radius 1 is 1.50 bits per heavy atom. The zero-order valence-corrected chi connectivity index (χ0v) is 9.63. The highest BCUT2D eigenvalue weighted by Crippen LogP contribution is 2.24. The molecule has 1 rings (SSSR count). The average Bonchev–Trinajstić information content (AvgIpc) is 2.01. The van der Waals surface area contributed by atoms with Crippen LogP contribution in [0.15, 0.2) is 28.7 Å². The van der Waals surface area contributed by atoms with Crippen molar-refractivity contribution in [3.63, 3.8) is 0 Å². The number of carboxylic acids is 1. The first-order valence-corrected chi connectivity index (χ1v) is 4.98. The molecule has 0 aliphatic heterocycles. The van der Waals surface area contributed by atoms with Crippen LogP contribution < -0.4 is 0 Å². The molecule has 1 aromatic carbocycles. The molecule has 0 aliphatic rings. The van der Waals surface area contributed by atoms with E-state index in [4.69, 9.17) is 5.11 Å². The second-order valence-corrected chi connectivity index (χ2v) is 4.00. The lowest BCUT2D eigenvalue weighted by molar-refractivity contribution is -0.131. The number of carboxylic acid groups (broad SMARTS) is 1. The summed E-state index contributed by atoms with van der Waals surface area (Å²) in [5.74, 6) is -0.921. The summed E-state index contributed by atoms with van der Waals surface area (Å²) in [4.78, 5) is 10.5. The van der Waals surface area contributed by atoms with E-state index in [1.165, 1.54) is 6.08 Å². The fourth-order valence-corrected chi connectivity index (χ4v) is 2.01. The maximum Gasteiger partial charge on any atom is 0.328 e. The molecule has 0 saturated heterocycles. The second kappa shape index (κ2) is 4.42. The van der Waals surface area contributed by atoms with Crippen LogP contribution in [0.2, 0.25) is 0 Å². The lowest BCUT2D eigenvalue weighted by Crippen LogP contribution is -1.91. The molecule has 1 N–H and O–H groups in total. The molecule has 74 valence electrons. The molecule has 2 nitrogen and oxygen atoms in total. The Balaban J connectivity index is 3.14. The minimum atomic E-state index is -0.921. The van der Waals surface area contributed by atoms with E-state index in [9.17, 15) is 4.79 Å². The maximum absolute atomic E-state index is 10.5. The predicted octanol–water partition coefficient (Wildman–Crippen LogP) is 3.25. The van der Waals surface area contributed by atoms with Crippen molar-refractivity contribution in [2.45, 2.75) is 13.8 Å². The number of hydrogen-bond acceptors (Lipinski definition) is 1. The van der Waals surface area contributed by atoms with E-state index in [1.807, 2.05) is 25.1 Å². The van der Waals surface area contributed by atoms with Crippen LogP contribution in [-0.4, -0.2) is 11.1 Å². The number of aryl methyl sites for hydroxylation is 1. The van der Waals surface area contributed by atoms with E-state index >= 15 is 0 Å². The van der Waals surface area contributed by atoms with Gasteiger partial charge >= 0.3 is 5.97 Å². The maximum atomic E-state index is 10.5. The SMILES string of the molecule is C/C(=C\C(=O)O)c1ccc(C)cc1Br. The molecule has 0 heterocycles. The van der Waals surface area contributed by atoms with Crippen LogP contribution in [0.25, 0.3) is 5.57 Å². The number of benzene rings is 1. The van der Waals surface area contributed by atoms with Crippen LogP contribution in [0.5, 0.6) is 0 Å². The van der Waals surface area contributed by atoms with E-state index in [-0.39, 0.29) is 0 Å². The Kier molecular flexibility index (Phi) is 3.47. The normalized spacial score (nSPS) is 11.5. The highest BCUT2D eigenvalue weighted by molar-refractivity contribution is 9.10. The summed E-state index contributed by atoms with van der Waals surface area (Å²) in [5, 5.41) is 8.60. The third-order valence-electron chi connectivity index (χ3n) is 1.89. The van der Waals surface area contributed by atoms with E-state index in [0.29, 0.717) is 0 Å². The minimum absolute atomic E-state index is 0.740. The fraction of sp³-hybridized carbons (Fsp3) is 0.182. The topological polar surface area (TPSA) is 37.3 Å². The summed E-state index contributed by atoms with van der Waals surface area (Å²) in [6.45, 7) is 3.77. The van der Waals surface area contributed by atoms with Gasteiger partial charge in [0.1, 0.15) is 0 Å². The molecule has 0 fully saturated rings. The van der Waals surface area contributed by atoms with Crippen LogP contribution in [0.3, 0.4) is 0 Å². The van der Waals surface area contributed by atoms with Crippen molar-refractivity contribution in [2.75, 3.05) is 0 Å². The smallest absolute Gasteiger partial charge is 0.328 e. The van der Waals surface area contributed by atoms with Crippen molar-refractivity contribution in [1.82, 2.24) is 0 Å². The van der Waals surface area contributed by atoms with Gasteiger partial charge in [0.05, 0.1) is 0 Å². The monoisotopic (exact) mass is 254 g/mol. The molecule has 0 unspecified atom stereocenters. The van der Waals surface area contributed by atoms with Crippen molar-refractivity contribution in [2.24, 2.45) is 0 Å². The van der Waals surface area contributed by atoms with Crippen LogP contribution in [0, 0.1) is 6.92 Å². The summed E-state index contributed by atoms with van der Waals surface area (Å²) in [6, 6.07) is 5.84. The van der Waals surface area contributed by atoms with Gasteiger partial charge in [0, 0.05) is 10.5 Å². The quantitative estimate of drug-likeness (QED) is 0.823. The second-order valence-electron chi connectivity index (χ2n) is 3.15. The van der Waals surface area contributed by atoms with Crippen molar-refractivity contribution < 1.29 is 9.90 Å². The summed E-state index contributed by atoms with van der Waals surface area (Å²) < 4.78 is 0.924. The molecular formula is C11H11BrO2. The number of allylic oxidation sites excluding steroid dienone is 1. The lowest BCUT2D eigenvalue weighted by atomic mass is 10.1. The van der Waals surface area contributed by atoms with E-state index in [0.717, 1.165) is 21.2 Å². The molecule has 14 heavy (non-hydrogen) atoms. The van der Waals surface area contributed by atoms with Gasteiger partial charge in [0.25, 0.3) is 0 Å².